The van der Waals surface area contributed by atoms with Gasteiger partial charge >= 0.3 is 5.97 Å². The Kier molecular flexibility index (Phi) is 4.38. The molecule has 0 unspecified atom stereocenters. The van der Waals surface area contributed by atoms with Crippen molar-refractivity contribution in [3.63, 3.8) is 0 Å². The van der Waals surface area contributed by atoms with Crippen LogP contribution >= 0.6 is 0 Å². The molecule has 0 amide bonds. The first-order valence-electron chi connectivity index (χ1n) is 7.35. The van der Waals surface area contributed by atoms with Gasteiger partial charge in [-0.15, -0.1) is 0 Å². The molecular weight excluding hydrogens is 304 g/mol. The van der Waals surface area contributed by atoms with Gasteiger partial charge in [-0.3, -0.25) is 4.79 Å². The van der Waals surface area contributed by atoms with Gasteiger partial charge in [0.05, 0.1) is 5.56 Å². The SMILES string of the molecule is O=C(O)C(=O)c1ccccc1Oc1cccc(-c2ccccc2)c1. The van der Waals surface area contributed by atoms with Gasteiger partial charge in [0.15, 0.2) is 0 Å². The fourth-order valence-corrected chi connectivity index (χ4v) is 2.36. The average Bonchev–Trinajstić information content (AvgIpc) is 2.62. The Balaban J connectivity index is 1.93. The number of rotatable bonds is 5. The van der Waals surface area contributed by atoms with Gasteiger partial charge in [0.1, 0.15) is 11.5 Å². The standard InChI is InChI=1S/C20H14O4/c21-19(20(22)23)17-11-4-5-12-18(17)24-16-10-6-9-15(13-16)14-7-2-1-3-8-14/h1-13H,(H,22,23). The van der Waals surface area contributed by atoms with Gasteiger partial charge in [0.25, 0.3) is 5.78 Å². The van der Waals surface area contributed by atoms with Crippen LogP contribution in [-0.4, -0.2) is 16.9 Å². The predicted molar refractivity (Wildman–Crippen MR) is 90.4 cm³/mol. The zero-order valence-electron chi connectivity index (χ0n) is 12.7. The summed E-state index contributed by atoms with van der Waals surface area (Å²) in [6.45, 7) is 0. The predicted octanol–water partition coefficient (Wildman–Crippen LogP) is 4.41. The van der Waals surface area contributed by atoms with Crippen LogP contribution in [0.15, 0.2) is 78.9 Å². The average molecular weight is 318 g/mol. The minimum atomic E-state index is -1.51. The highest BCUT2D eigenvalue weighted by molar-refractivity contribution is 6.40. The lowest BCUT2D eigenvalue weighted by molar-refractivity contribution is -0.131. The fraction of sp³-hybridized carbons (Fsp3) is 0. The highest BCUT2D eigenvalue weighted by atomic mass is 16.5. The van der Waals surface area contributed by atoms with Gasteiger partial charge in [-0.2, -0.15) is 0 Å². The Labute approximate surface area is 139 Å². The molecule has 0 aromatic heterocycles. The molecule has 1 N–H and O–H groups in total. The first-order chi connectivity index (χ1) is 11.6. The van der Waals surface area contributed by atoms with Gasteiger partial charge in [-0.1, -0.05) is 54.6 Å². The molecule has 0 heterocycles. The monoisotopic (exact) mass is 318 g/mol. The number of carboxylic acids is 1. The van der Waals surface area contributed by atoms with E-state index in [0.29, 0.717) is 5.75 Å². The summed E-state index contributed by atoms with van der Waals surface area (Å²) >= 11 is 0. The fourth-order valence-electron chi connectivity index (χ4n) is 2.36. The van der Waals surface area contributed by atoms with E-state index in [0.717, 1.165) is 11.1 Å². The molecule has 0 aliphatic carbocycles. The van der Waals surface area contributed by atoms with Crippen molar-refractivity contribution in [1.29, 1.82) is 0 Å². The Bertz CT molecular complexity index is 885. The first-order valence-corrected chi connectivity index (χ1v) is 7.35. The van der Waals surface area contributed by atoms with Crippen molar-refractivity contribution in [2.45, 2.75) is 0 Å². The zero-order valence-corrected chi connectivity index (χ0v) is 12.7. The maximum absolute atomic E-state index is 11.8. The smallest absolute Gasteiger partial charge is 0.377 e. The second-order valence-corrected chi connectivity index (χ2v) is 5.13. The molecular formula is C20H14O4. The number of Topliss-reactive ketones (excluding diaryl/α,β-unsaturated/α-hetero) is 1. The van der Waals surface area contributed by atoms with E-state index in [1.165, 1.54) is 6.07 Å². The van der Waals surface area contributed by atoms with E-state index in [2.05, 4.69) is 0 Å². The number of hydrogen-bond acceptors (Lipinski definition) is 3. The molecule has 0 radical (unpaired) electrons. The summed E-state index contributed by atoms with van der Waals surface area (Å²) in [6.07, 6.45) is 0. The van der Waals surface area contributed by atoms with Crippen LogP contribution in [0, 0.1) is 0 Å². The Morgan fingerprint density at radius 1 is 0.750 bits per heavy atom. The molecule has 0 fully saturated rings. The summed E-state index contributed by atoms with van der Waals surface area (Å²) in [6, 6.07) is 23.5. The minimum absolute atomic E-state index is 0.0233. The van der Waals surface area contributed by atoms with Crippen molar-refractivity contribution in [1.82, 2.24) is 0 Å². The molecule has 0 aliphatic heterocycles. The summed E-state index contributed by atoms with van der Waals surface area (Å²) < 4.78 is 5.76. The molecule has 3 rings (SSSR count). The largest absolute Gasteiger partial charge is 0.475 e. The summed E-state index contributed by atoms with van der Waals surface area (Å²) in [5, 5.41) is 8.91. The molecule has 0 bridgehead atoms. The zero-order chi connectivity index (χ0) is 16.9. The van der Waals surface area contributed by atoms with Crippen LogP contribution in [0.4, 0.5) is 0 Å². The van der Waals surface area contributed by atoms with Gasteiger partial charge in [0, 0.05) is 0 Å². The van der Waals surface area contributed by atoms with E-state index >= 15 is 0 Å². The van der Waals surface area contributed by atoms with Gasteiger partial charge < -0.3 is 9.84 Å². The molecule has 0 saturated carbocycles. The second kappa shape index (κ2) is 6.79. The van der Waals surface area contributed by atoms with Crippen LogP contribution < -0.4 is 4.74 Å². The molecule has 0 spiro atoms. The number of ether oxygens (including phenoxy) is 1. The van der Waals surface area contributed by atoms with E-state index in [1.54, 1.807) is 24.3 Å². The number of hydrogen-bond donors (Lipinski definition) is 1. The van der Waals surface area contributed by atoms with E-state index in [1.807, 2.05) is 48.5 Å². The van der Waals surface area contributed by atoms with Crippen molar-refractivity contribution in [3.05, 3.63) is 84.4 Å². The molecule has 4 heteroatoms. The summed E-state index contributed by atoms with van der Waals surface area (Å²) in [4.78, 5) is 22.7. The summed E-state index contributed by atoms with van der Waals surface area (Å²) in [5.41, 5.74) is 2.03. The maximum Gasteiger partial charge on any atom is 0.377 e. The number of aliphatic carboxylic acids is 1. The molecule has 0 atom stereocenters. The lowest BCUT2D eigenvalue weighted by atomic mass is 10.1. The third kappa shape index (κ3) is 3.33. The third-order valence-electron chi connectivity index (χ3n) is 3.49. The third-order valence-corrected chi connectivity index (χ3v) is 3.49. The van der Waals surface area contributed by atoms with E-state index in [9.17, 15) is 9.59 Å². The number of ketones is 1. The van der Waals surface area contributed by atoms with Crippen LogP contribution in [0.3, 0.4) is 0 Å². The van der Waals surface area contributed by atoms with Gasteiger partial charge in [-0.25, -0.2) is 4.79 Å². The van der Waals surface area contributed by atoms with Crippen molar-refractivity contribution < 1.29 is 19.4 Å². The number of carbonyl (C=O) groups is 2. The van der Waals surface area contributed by atoms with Crippen molar-refractivity contribution >= 4 is 11.8 Å². The second-order valence-electron chi connectivity index (χ2n) is 5.13. The highest BCUT2D eigenvalue weighted by Gasteiger charge is 2.19. The van der Waals surface area contributed by atoms with Crippen LogP contribution in [0.5, 0.6) is 11.5 Å². The lowest BCUT2D eigenvalue weighted by Crippen LogP contribution is -2.13. The van der Waals surface area contributed by atoms with Crippen molar-refractivity contribution in [2.75, 3.05) is 0 Å². The molecule has 3 aromatic carbocycles. The molecule has 118 valence electrons. The Hall–Kier alpha value is -3.40. The van der Waals surface area contributed by atoms with Gasteiger partial charge in [0.2, 0.25) is 0 Å². The molecule has 3 aromatic rings. The molecule has 0 saturated heterocycles. The molecule has 24 heavy (non-hydrogen) atoms. The molecule has 0 aliphatic rings. The first kappa shape index (κ1) is 15.5. The van der Waals surface area contributed by atoms with Gasteiger partial charge in [-0.05, 0) is 35.4 Å². The van der Waals surface area contributed by atoms with Crippen LogP contribution in [-0.2, 0) is 4.79 Å². The number of para-hydroxylation sites is 1. The van der Waals surface area contributed by atoms with E-state index < -0.39 is 11.8 Å². The summed E-state index contributed by atoms with van der Waals surface area (Å²) in [7, 11) is 0. The van der Waals surface area contributed by atoms with E-state index in [4.69, 9.17) is 9.84 Å². The van der Waals surface area contributed by atoms with Crippen molar-refractivity contribution in [2.24, 2.45) is 0 Å². The molecule has 4 nitrogen and oxygen atoms in total. The minimum Gasteiger partial charge on any atom is -0.475 e. The quantitative estimate of drug-likeness (QED) is 0.559. The lowest BCUT2D eigenvalue weighted by Gasteiger charge is -2.10. The van der Waals surface area contributed by atoms with Crippen molar-refractivity contribution in [3.8, 4) is 22.6 Å². The number of carboxylic acid groups (broad SMARTS) is 1. The maximum atomic E-state index is 11.8. The van der Waals surface area contributed by atoms with Crippen LogP contribution in [0.1, 0.15) is 10.4 Å². The van der Waals surface area contributed by atoms with Crippen LogP contribution in [0.2, 0.25) is 0 Å². The summed E-state index contributed by atoms with van der Waals surface area (Å²) in [5.74, 6) is -1.76. The Morgan fingerprint density at radius 3 is 2.17 bits per heavy atom. The number of benzene rings is 3. The number of carbonyl (C=O) groups excluding carboxylic acids is 1. The van der Waals surface area contributed by atoms with E-state index in [-0.39, 0.29) is 11.3 Å². The normalized spacial score (nSPS) is 10.2. The Morgan fingerprint density at radius 2 is 1.42 bits per heavy atom. The highest BCUT2D eigenvalue weighted by Crippen LogP contribution is 2.29. The van der Waals surface area contributed by atoms with Crippen LogP contribution in [0.25, 0.3) is 11.1 Å². The topological polar surface area (TPSA) is 63.6 Å².